The predicted octanol–water partition coefficient (Wildman–Crippen LogP) is 2.13. The van der Waals surface area contributed by atoms with E-state index < -0.39 is 0 Å². The predicted molar refractivity (Wildman–Crippen MR) is 92.8 cm³/mol. The lowest BCUT2D eigenvalue weighted by molar-refractivity contribution is -0.131. The third-order valence-electron chi connectivity index (χ3n) is 4.76. The van der Waals surface area contributed by atoms with Crippen LogP contribution in [-0.4, -0.2) is 45.4 Å². The lowest BCUT2D eigenvalue weighted by Crippen LogP contribution is -2.39. The summed E-state index contributed by atoms with van der Waals surface area (Å²) in [6.45, 7) is 4.27. The summed E-state index contributed by atoms with van der Waals surface area (Å²) in [6, 6.07) is 10.2. The van der Waals surface area contributed by atoms with Crippen molar-refractivity contribution in [2.24, 2.45) is 0 Å². The molecule has 1 fully saturated rings. The molecule has 1 saturated heterocycles. The minimum atomic E-state index is 0.0997. The first-order valence-corrected chi connectivity index (χ1v) is 8.63. The maximum Gasteiger partial charge on any atom is 0.226 e. The summed E-state index contributed by atoms with van der Waals surface area (Å²) in [7, 11) is 0. The number of likely N-dealkylation sites (tertiary alicyclic amines) is 1. The Bertz CT molecular complexity index is 687. The fraction of sp³-hybridized carbons (Fsp3) is 0.474. The number of aromatic nitrogens is 2. The molecule has 1 aliphatic heterocycles. The van der Waals surface area contributed by atoms with Crippen LogP contribution in [0.15, 0.2) is 36.5 Å². The lowest BCUT2D eigenvalue weighted by atomic mass is 9.93. The fourth-order valence-corrected chi connectivity index (χ4v) is 3.50. The molecule has 5 nitrogen and oxygen atoms in total. The van der Waals surface area contributed by atoms with Crippen molar-refractivity contribution >= 4 is 5.91 Å². The van der Waals surface area contributed by atoms with Gasteiger partial charge in [-0.15, -0.1) is 0 Å². The Morgan fingerprint density at radius 3 is 2.79 bits per heavy atom. The number of carbonyl (C=O) groups is 1. The van der Waals surface area contributed by atoms with Crippen LogP contribution in [0.3, 0.4) is 0 Å². The number of nitrogens with zero attached hydrogens (tertiary/aromatic N) is 3. The van der Waals surface area contributed by atoms with Gasteiger partial charge in [0.2, 0.25) is 5.91 Å². The van der Waals surface area contributed by atoms with Gasteiger partial charge in [0.25, 0.3) is 0 Å². The number of aryl methyl sites for hydroxylation is 1. The zero-order chi connectivity index (χ0) is 16.9. The topological polar surface area (TPSA) is 58.4 Å². The molecule has 2 heterocycles. The van der Waals surface area contributed by atoms with Gasteiger partial charge >= 0.3 is 0 Å². The Kier molecular flexibility index (Phi) is 5.30. The van der Waals surface area contributed by atoms with Crippen LogP contribution in [0, 0.1) is 6.92 Å². The Hall–Kier alpha value is -2.14. The third-order valence-corrected chi connectivity index (χ3v) is 4.76. The van der Waals surface area contributed by atoms with E-state index in [1.807, 2.05) is 27.8 Å². The van der Waals surface area contributed by atoms with Crippen molar-refractivity contribution in [2.45, 2.75) is 38.6 Å². The van der Waals surface area contributed by atoms with Crippen LogP contribution in [-0.2, 0) is 17.8 Å². The van der Waals surface area contributed by atoms with Gasteiger partial charge in [-0.1, -0.05) is 29.8 Å². The lowest BCUT2D eigenvalue weighted by Gasteiger charge is -2.32. The summed E-state index contributed by atoms with van der Waals surface area (Å²) in [5.41, 5.74) is 3.45. The zero-order valence-corrected chi connectivity index (χ0v) is 14.2. The summed E-state index contributed by atoms with van der Waals surface area (Å²) >= 11 is 0. The number of hydrogen-bond acceptors (Lipinski definition) is 3. The smallest absolute Gasteiger partial charge is 0.226 e. The van der Waals surface area contributed by atoms with E-state index in [4.69, 9.17) is 5.11 Å². The molecule has 1 aromatic heterocycles. The quantitative estimate of drug-likeness (QED) is 0.915. The summed E-state index contributed by atoms with van der Waals surface area (Å²) < 4.78 is 1.88. The Balaban J connectivity index is 1.56. The van der Waals surface area contributed by atoms with E-state index in [1.54, 1.807) is 6.20 Å². The normalized spacial score (nSPS) is 15.7. The molecule has 1 amide bonds. The maximum atomic E-state index is 12.5. The summed E-state index contributed by atoms with van der Waals surface area (Å²) in [4.78, 5) is 14.5. The number of carbonyl (C=O) groups excluding carboxylic acids is 1. The number of piperidine rings is 1. The van der Waals surface area contributed by atoms with E-state index in [2.05, 4.69) is 24.2 Å². The van der Waals surface area contributed by atoms with Gasteiger partial charge in [-0.3, -0.25) is 9.48 Å². The van der Waals surface area contributed by atoms with Crippen LogP contribution in [0.2, 0.25) is 0 Å². The van der Waals surface area contributed by atoms with Crippen LogP contribution in [0.25, 0.3) is 0 Å². The minimum Gasteiger partial charge on any atom is -0.394 e. The van der Waals surface area contributed by atoms with Gasteiger partial charge in [0.1, 0.15) is 0 Å². The van der Waals surface area contributed by atoms with Crippen molar-refractivity contribution in [3.8, 4) is 0 Å². The Morgan fingerprint density at radius 2 is 2.08 bits per heavy atom. The van der Waals surface area contributed by atoms with E-state index in [1.165, 1.54) is 11.3 Å². The molecule has 1 N–H and O–H groups in total. The molecule has 3 rings (SSSR count). The molecule has 0 bridgehead atoms. The van der Waals surface area contributed by atoms with Crippen molar-refractivity contribution < 1.29 is 9.90 Å². The molecule has 128 valence electrons. The molecule has 2 aromatic rings. The third kappa shape index (κ3) is 3.85. The van der Waals surface area contributed by atoms with Gasteiger partial charge in [0, 0.05) is 30.9 Å². The van der Waals surface area contributed by atoms with Crippen LogP contribution in [0.4, 0.5) is 0 Å². The second-order valence-corrected chi connectivity index (χ2v) is 6.52. The standard InChI is InChI=1S/C19H25N3O2/c1-15-3-2-4-16(13-15)14-19(24)21-9-6-17(7-10-21)18-5-8-20-22(18)11-12-23/h2-5,8,13,17,23H,6-7,9-12,14H2,1H3. The molecular weight excluding hydrogens is 302 g/mol. The van der Waals surface area contributed by atoms with Crippen LogP contribution >= 0.6 is 0 Å². The van der Waals surface area contributed by atoms with Crippen LogP contribution in [0.5, 0.6) is 0 Å². The molecule has 0 spiro atoms. The molecule has 5 heteroatoms. The van der Waals surface area contributed by atoms with Crippen molar-refractivity contribution in [3.63, 3.8) is 0 Å². The van der Waals surface area contributed by atoms with Crippen molar-refractivity contribution in [2.75, 3.05) is 19.7 Å². The van der Waals surface area contributed by atoms with E-state index >= 15 is 0 Å². The highest BCUT2D eigenvalue weighted by atomic mass is 16.3. The summed E-state index contributed by atoms with van der Waals surface area (Å²) in [6.07, 6.45) is 4.18. The SMILES string of the molecule is Cc1cccc(CC(=O)N2CCC(c3ccnn3CCO)CC2)c1. The summed E-state index contributed by atoms with van der Waals surface area (Å²) in [5, 5.41) is 13.4. The van der Waals surface area contributed by atoms with Gasteiger partial charge in [-0.25, -0.2) is 0 Å². The fourth-order valence-electron chi connectivity index (χ4n) is 3.50. The van der Waals surface area contributed by atoms with Crippen molar-refractivity contribution in [1.29, 1.82) is 0 Å². The van der Waals surface area contributed by atoms with Gasteiger partial charge in [-0.2, -0.15) is 5.10 Å². The first-order chi connectivity index (χ1) is 11.7. The first kappa shape index (κ1) is 16.7. The Morgan fingerprint density at radius 1 is 1.29 bits per heavy atom. The highest BCUT2D eigenvalue weighted by Gasteiger charge is 2.25. The van der Waals surface area contributed by atoms with Gasteiger partial charge in [-0.05, 0) is 31.4 Å². The minimum absolute atomic E-state index is 0.0997. The highest BCUT2D eigenvalue weighted by Crippen LogP contribution is 2.28. The number of aliphatic hydroxyl groups is 1. The molecule has 0 saturated carbocycles. The second-order valence-electron chi connectivity index (χ2n) is 6.52. The number of amides is 1. The van der Waals surface area contributed by atoms with Gasteiger partial charge in [0.05, 0.1) is 19.6 Å². The maximum absolute atomic E-state index is 12.5. The second kappa shape index (κ2) is 7.62. The van der Waals surface area contributed by atoms with Crippen molar-refractivity contribution in [1.82, 2.24) is 14.7 Å². The average molecular weight is 327 g/mol. The Labute approximate surface area is 142 Å². The molecular formula is C19H25N3O2. The molecule has 24 heavy (non-hydrogen) atoms. The number of hydrogen-bond donors (Lipinski definition) is 1. The van der Waals surface area contributed by atoms with Crippen molar-refractivity contribution in [3.05, 3.63) is 53.3 Å². The number of rotatable bonds is 5. The molecule has 0 unspecified atom stereocenters. The van der Waals surface area contributed by atoms with Crippen LogP contribution in [0.1, 0.15) is 35.6 Å². The van der Waals surface area contributed by atoms with Gasteiger partial charge < -0.3 is 10.0 Å². The molecule has 1 aliphatic rings. The molecule has 0 radical (unpaired) electrons. The highest BCUT2D eigenvalue weighted by molar-refractivity contribution is 5.78. The molecule has 1 aromatic carbocycles. The molecule has 0 atom stereocenters. The monoisotopic (exact) mass is 327 g/mol. The van der Waals surface area contributed by atoms with E-state index in [0.29, 0.717) is 18.9 Å². The molecule has 0 aliphatic carbocycles. The van der Waals surface area contributed by atoms with Crippen LogP contribution < -0.4 is 0 Å². The first-order valence-electron chi connectivity index (χ1n) is 8.63. The zero-order valence-electron chi connectivity index (χ0n) is 14.2. The number of benzene rings is 1. The largest absolute Gasteiger partial charge is 0.394 e. The average Bonchev–Trinajstić information content (AvgIpc) is 3.04. The summed E-state index contributed by atoms with van der Waals surface area (Å²) in [5.74, 6) is 0.630. The number of aliphatic hydroxyl groups excluding tert-OH is 1. The van der Waals surface area contributed by atoms with E-state index in [0.717, 1.165) is 31.5 Å². The van der Waals surface area contributed by atoms with E-state index in [-0.39, 0.29) is 12.5 Å². The van der Waals surface area contributed by atoms with Gasteiger partial charge in [0.15, 0.2) is 0 Å². The van der Waals surface area contributed by atoms with E-state index in [9.17, 15) is 4.79 Å².